The van der Waals surface area contributed by atoms with Crippen molar-refractivity contribution in [3.05, 3.63) is 52.2 Å². The maximum atomic E-state index is 12.6. The number of carbonyl (C=O) groups excluding carboxylic acids is 1. The molecule has 2 saturated heterocycles. The summed E-state index contributed by atoms with van der Waals surface area (Å²) in [6, 6.07) is 10.8. The lowest BCUT2D eigenvalue weighted by atomic mass is 9.83. The van der Waals surface area contributed by atoms with Gasteiger partial charge in [0.1, 0.15) is 5.75 Å². The fraction of sp³-hybridized carbons (Fsp3) is 0.500. The first-order valence-electron chi connectivity index (χ1n) is 9.89. The Kier molecular flexibility index (Phi) is 5.79. The second-order valence-electron chi connectivity index (χ2n) is 7.67. The van der Waals surface area contributed by atoms with Gasteiger partial charge in [-0.25, -0.2) is 0 Å². The lowest BCUT2D eigenvalue weighted by Crippen LogP contribution is -2.56. The molecule has 27 heavy (non-hydrogen) atoms. The molecule has 2 aliphatic rings. The van der Waals surface area contributed by atoms with E-state index in [2.05, 4.69) is 32.7 Å². The fourth-order valence-corrected chi connectivity index (χ4v) is 5.31. The van der Waals surface area contributed by atoms with Crippen LogP contribution in [0.4, 0.5) is 0 Å². The van der Waals surface area contributed by atoms with Gasteiger partial charge < -0.3 is 9.64 Å². The smallest absolute Gasteiger partial charge is 0.222 e. The Morgan fingerprint density at radius 1 is 1.22 bits per heavy atom. The van der Waals surface area contributed by atoms with E-state index in [1.54, 1.807) is 18.4 Å². The molecule has 2 atom stereocenters. The van der Waals surface area contributed by atoms with Crippen molar-refractivity contribution in [1.29, 1.82) is 0 Å². The molecule has 2 fully saturated rings. The van der Waals surface area contributed by atoms with E-state index in [1.807, 2.05) is 18.2 Å². The van der Waals surface area contributed by atoms with Gasteiger partial charge in [0.05, 0.1) is 7.11 Å². The van der Waals surface area contributed by atoms with Gasteiger partial charge in [0, 0.05) is 38.6 Å². The molecule has 2 aliphatic heterocycles. The molecular formula is C22H28N2O2S. The first kappa shape index (κ1) is 18.5. The van der Waals surface area contributed by atoms with E-state index in [1.165, 1.54) is 11.1 Å². The molecular weight excluding hydrogens is 356 g/mol. The van der Waals surface area contributed by atoms with E-state index in [0.717, 1.165) is 51.2 Å². The van der Waals surface area contributed by atoms with Crippen LogP contribution in [0.3, 0.4) is 0 Å². The second kappa shape index (κ2) is 8.44. The molecule has 0 aliphatic carbocycles. The number of amides is 1. The molecule has 4 nitrogen and oxygen atoms in total. The van der Waals surface area contributed by atoms with Crippen molar-refractivity contribution in [3.63, 3.8) is 0 Å². The van der Waals surface area contributed by atoms with Gasteiger partial charge in [-0.15, -0.1) is 0 Å². The highest BCUT2D eigenvalue weighted by Gasteiger charge is 2.38. The molecule has 0 spiro atoms. The first-order chi connectivity index (χ1) is 13.2. The van der Waals surface area contributed by atoms with Crippen LogP contribution in [0.2, 0.25) is 0 Å². The molecule has 0 saturated carbocycles. The Bertz CT molecular complexity index is 761. The quantitative estimate of drug-likeness (QED) is 0.759. The van der Waals surface area contributed by atoms with E-state index in [0.29, 0.717) is 24.3 Å². The predicted molar refractivity (Wildman–Crippen MR) is 109 cm³/mol. The van der Waals surface area contributed by atoms with Crippen molar-refractivity contribution in [1.82, 2.24) is 9.80 Å². The maximum absolute atomic E-state index is 12.6. The standard InChI is InChI=1S/C22H28N2O2S/c1-26-21-5-3-2-4-18(21)8-12-24-20-9-11-23(14-17-10-13-27-16-17)15-19(20)6-7-22(24)25/h2-5,10,13,16,19-20H,6-9,11-12,14-15H2,1H3/t19-,20+/m1/s1. The van der Waals surface area contributed by atoms with Crippen molar-refractivity contribution in [2.24, 2.45) is 5.92 Å². The summed E-state index contributed by atoms with van der Waals surface area (Å²) in [7, 11) is 1.71. The number of methoxy groups -OCH3 is 1. The molecule has 144 valence electrons. The Morgan fingerprint density at radius 2 is 2.11 bits per heavy atom. The van der Waals surface area contributed by atoms with Gasteiger partial charge in [0.15, 0.2) is 0 Å². The van der Waals surface area contributed by atoms with Crippen molar-refractivity contribution in [2.45, 2.75) is 38.3 Å². The van der Waals surface area contributed by atoms with Gasteiger partial charge in [0.25, 0.3) is 0 Å². The van der Waals surface area contributed by atoms with Crippen LogP contribution in [0.1, 0.15) is 30.4 Å². The maximum Gasteiger partial charge on any atom is 0.222 e. The summed E-state index contributed by atoms with van der Waals surface area (Å²) in [4.78, 5) is 17.4. The third-order valence-electron chi connectivity index (χ3n) is 6.03. The van der Waals surface area contributed by atoms with E-state index >= 15 is 0 Å². The fourth-order valence-electron chi connectivity index (χ4n) is 4.65. The predicted octanol–water partition coefficient (Wildman–Crippen LogP) is 3.81. The Labute approximate surface area is 165 Å². The molecule has 1 aromatic heterocycles. The molecule has 1 aromatic carbocycles. The topological polar surface area (TPSA) is 32.8 Å². The number of rotatable bonds is 6. The van der Waals surface area contributed by atoms with Crippen LogP contribution in [0.15, 0.2) is 41.1 Å². The number of likely N-dealkylation sites (tertiary alicyclic amines) is 2. The van der Waals surface area contributed by atoms with Gasteiger partial charge >= 0.3 is 0 Å². The van der Waals surface area contributed by atoms with Crippen molar-refractivity contribution in [2.75, 3.05) is 26.7 Å². The number of ether oxygens (including phenoxy) is 1. The molecule has 1 amide bonds. The third-order valence-corrected chi connectivity index (χ3v) is 6.76. The number of hydrogen-bond donors (Lipinski definition) is 0. The summed E-state index contributed by atoms with van der Waals surface area (Å²) in [5, 5.41) is 4.40. The Balaban J connectivity index is 1.39. The van der Waals surface area contributed by atoms with Gasteiger partial charge in [-0.1, -0.05) is 18.2 Å². The zero-order valence-electron chi connectivity index (χ0n) is 16.0. The van der Waals surface area contributed by atoms with Gasteiger partial charge in [-0.05, 0) is 59.2 Å². The zero-order chi connectivity index (χ0) is 18.6. The normalized spacial score (nSPS) is 23.3. The van der Waals surface area contributed by atoms with Crippen molar-refractivity contribution >= 4 is 17.2 Å². The number of thiophene rings is 1. The van der Waals surface area contributed by atoms with Gasteiger partial charge in [-0.3, -0.25) is 9.69 Å². The van der Waals surface area contributed by atoms with Crippen LogP contribution >= 0.6 is 11.3 Å². The highest BCUT2D eigenvalue weighted by Crippen LogP contribution is 2.32. The number of fused-ring (bicyclic) bond motifs is 1. The van der Waals surface area contributed by atoms with E-state index < -0.39 is 0 Å². The van der Waals surface area contributed by atoms with E-state index in [-0.39, 0.29) is 0 Å². The molecule has 0 N–H and O–H groups in total. The minimum Gasteiger partial charge on any atom is -0.496 e. The average Bonchev–Trinajstić information content (AvgIpc) is 3.20. The SMILES string of the molecule is COc1ccccc1CCN1C(=O)CC[C@@H]2CN(Cc3ccsc3)CC[C@@H]21. The molecule has 0 bridgehead atoms. The van der Waals surface area contributed by atoms with Crippen LogP contribution in [0.25, 0.3) is 0 Å². The molecule has 3 heterocycles. The van der Waals surface area contributed by atoms with Crippen LogP contribution < -0.4 is 4.74 Å². The van der Waals surface area contributed by atoms with Crippen LogP contribution in [0.5, 0.6) is 5.75 Å². The number of carbonyl (C=O) groups is 1. The average molecular weight is 385 g/mol. The minimum atomic E-state index is 0.331. The third kappa shape index (κ3) is 4.19. The summed E-state index contributed by atoms with van der Waals surface area (Å²) in [5.41, 5.74) is 2.60. The summed E-state index contributed by atoms with van der Waals surface area (Å²) in [6.07, 6.45) is 3.68. The van der Waals surface area contributed by atoms with Crippen molar-refractivity contribution < 1.29 is 9.53 Å². The number of benzene rings is 1. The van der Waals surface area contributed by atoms with Crippen molar-refractivity contribution in [3.8, 4) is 5.75 Å². The Morgan fingerprint density at radius 3 is 2.93 bits per heavy atom. The molecule has 5 heteroatoms. The summed E-state index contributed by atoms with van der Waals surface area (Å²) in [5.74, 6) is 1.86. The number of hydrogen-bond acceptors (Lipinski definition) is 4. The molecule has 0 radical (unpaired) electrons. The number of nitrogens with zero attached hydrogens (tertiary/aromatic N) is 2. The summed E-state index contributed by atoms with van der Waals surface area (Å²) in [6.45, 7) is 4.03. The lowest BCUT2D eigenvalue weighted by molar-refractivity contribution is -0.141. The number of para-hydroxylation sites is 1. The molecule has 4 rings (SSSR count). The largest absolute Gasteiger partial charge is 0.496 e. The highest BCUT2D eigenvalue weighted by atomic mass is 32.1. The van der Waals surface area contributed by atoms with Gasteiger partial charge in [-0.2, -0.15) is 11.3 Å². The van der Waals surface area contributed by atoms with Crippen LogP contribution in [0, 0.1) is 5.92 Å². The van der Waals surface area contributed by atoms with Crippen LogP contribution in [-0.2, 0) is 17.8 Å². The van der Waals surface area contributed by atoms with E-state index in [9.17, 15) is 4.79 Å². The highest BCUT2D eigenvalue weighted by molar-refractivity contribution is 7.07. The minimum absolute atomic E-state index is 0.331. The zero-order valence-corrected chi connectivity index (χ0v) is 16.8. The summed E-state index contributed by atoms with van der Waals surface area (Å²) < 4.78 is 5.47. The Hall–Kier alpha value is -1.85. The van der Waals surface area contributed by atoms with Crippen LogP contribution in [-0.4, -0.2) is 48.5 Å². The number of piperidine rings is 2. The van der Waals surface area contributed by atoms with Gasteiger partial charge in [0.2, 0.25) is 5.91 Å². The lowest BCUT2D eigenvalue weighted by Gasteiger charge is -2.47. The first-order valence-corrected chi connectivity index (χ1v) is 10.8. The molecule has 2 aromatic rings. The summed E-state index contributed by atoms with van der Waals surface area (Å²) >= 11 is 1.77. The second-order valence-corrected chi connectivity index (χ2v) is 8.45. The van der Waals surface area contributed by atoms with E-state index in [4.69, 9.17) is 4.74 Å². The molecule has 0 unspecified atom stereocenters. The monoisotopic (exact) mass is 384 g/mol.